The smallest absolute Gasteiger partial charge is 0.160 e. The fourth-order valence-electron chi connectivity index (χ4n) is 5.62. The number of phenolic OH excluding ortho intramolecular Hbond substituents is 1. The SMILES string of the molecule is CC[C@@]12C=CC[C@H]1[C@@H]1CCc3cc(O)c(OC)cc3[C@H]1CC2. The lowest BCUT2D eigenvalue weighted by atomic mass is 9.54. The summed E-state index contributed by atoms with van der Waals surface area (Å²) in [6, 6.07) is 4.06. The second-order valence-corrected chi connectivity index (χ2v) is 7.40. The van der Waals surface area contributed by atoms with Crippen LogP contribution in [-0.4, -0.2) is 12.2 Å². The van der Waals surface area contributed by atoms with E-state index >= 15 is 0 Å². The van der Waals surface area contributed by atoms with Gasteiger partial charge in [-0.05, 0) is 85.0 Å². The van der Waals surface area contributed by atoms with E-state index in [1.165, 1.54) is 43.2 Å². The number of aromatic hydroxyl groups is 1. The molecular formula is C20H26O2. The van der Waals surface area contributed by atoms with Gasteiger partial charge < -0.3 is 9.84 Å². The lowest BCUT2D eigenvalue weighted by Gasteiger charge is -2.50. The van der Waals surface area contributed by atoms with Gasteiger partial charge in [-0.25, -0.2) is 0 Å². The quantitative estimate of drug-likeness (QED) is 0.794. The van der Waals surface area contributed by atoms with E-state index in [0.717, 1.165) is 18.3 Å². The van der Waals surface area contributed by atoms with Crippen molar-refractivity contribution in [1.82, 2.24) is 0 Å². The van der Waals surface area contributed by atoms with Crippen molar-refractivity contribution in [2.75, 3.05) is 7.11 Å². The summed E-state index contributed by atoms with van der Waals surface area (Å²) in [6.07, 6.45) is 12.5. The number of rotatable bonds is 2. The molecule has 0 heterocycles. The molecule has 2 nitrogen and oxygen atoms in total. The lowest BCUT2D eigenvalue weighted by molar-refractivity contribution is 0.0653. The number of hydrogen-bond donors (Lipinski definition) is 1. The molecule has 3 aliphatic rings. The first-order valence-electron chi connectivity index (χ1n) is 8.76. The molecule has 3 aliphatic carbocycles. The molecule has 0 aromatic heterocycles. The number of benzene rings is 1. The van der Waals surface area contributed by atoms with Crippen LogP contribution in [0.5, 0.6) is 11.5 Å². The average molecular weight is 298 g/mol. The van der Waals surface area contributed by atoms with Gasteiger partial charge in [0, 0.05) is 0 Å². The van der Waals surface area contributed by atoms with Crippen LogP contribution in [0.4, 0.5) is 0 Å². The van der Waals surface area contributed by atoms with E-state index in [9.17, 15) is 5.11 Å². The van der Waals surface area contributed by atoms with Gasteiger partial charge in [0.2, 0.25) is 0 Å². The van der Waals surface area contributed by atoms with E-state index in [1.54, 1.807) is 7.11 Å². The van der Waals surface area contributed by atoms with Crippen molar-refractivity contribution < 1.29 is 9.84 Å². The lowest BCUT2D eigenvalue weighted by Crippen LogP contribution is -2.40. The number of fused-ring (bicyclic) bond motifs is 5. The Balaban J connectivity index is 1.73. The molecule has 2 heteroatoms. The van der Waals surface area contributed by atoms with Crippen LogP contribution in [-0.2, 0) is 6.42 Å². The zero-order valence-electron chi connectivity index (χ0n) is 13.6. The molecule has 0 radical (unpaired) electrons. The number of allylic oxidation sites excluding steroid dienone is 2. The highest BCUT2D eigenvalue weighted by molar-refractivity contribution is 5.49. The minimum Gasteiger partial charge on any atom is -0.504 e. The maximum absolute atomic E-state index is 10.1. The first-order valence-corrected chi connectivity index (χ1v) is 8.76. The van der Waals surface area contributed by atoms with E-state index in [-0.39, 0.29) is 0 Å². The molecule has 4 atom stereocenters. The Bertz CT molecular complexity index is 618. The Morgan fingerprint density at radius 2 is 2.18 bits per heavy atom. The van der Waals surface area contributed by atoms with Crippen LogP contribution in [0.1, 0.15) is 56.1 Å². The van der Waals surface area contributed by atoms with Crippen LogP contribution in [0.25, 0.3) is 0 Å². The maximum Gasteiger partial charge on any atom is 0.160 e. The van der Waals surface area contributed by atoms with Crippen LogP contribution >= 0.6 is 0 Å². The number of aryl methyl sites for hydroxylation is 1. The average Bonchev–Trinajstić information content (AvgIpc) is 2.98. The molecule has 0 spiro atoms. The molecule has 0 unspecified atom stereocenters. The Labute approximate surface area is 133 Å². The van der Waals surface area contributed by atoms with Crippen LogP contribution in [0.2, 0.25) is 0 Å². The maximum atomic E-state index is 10.1. The van der Waals surface area contributed by atoms with E-state index in [2.05, 4.69) is 25.1 Å². The highest BCUT2D eigenvalue weighted by Crippen LogP contribution is 2.60. The van der Waals surface area contributed by atoms with Gasteiger partial charge >= 0.3 is 0 Å². The number of ether oxygens (including phenoxy) is 1. The van der Waals surface area contributed by atoms with Gasteiger partial charge in [-0.3, -0.25) is 0 Å². The third-order valence-electron chi connectivity index (χ3n) is 6.78. The summed E-state index contributed by atoms with van der Waals surface area (Å²) < 4.78 is 5.36. The number of hydrogen-bond acceptors (Lipinski definition) is 2. The third kappa shape index (κ3) is 1.85. The summed E-state index contributed by atoms with van der Waals surface area (Å²) in [5.74, 6) is 3.20. The Hall–Kier alpha value is -1.44. The fourth-order valence-corrected chi connectivity index (χ4v) is 5.62. The standard InChI is InChI=1S/C20H26O2/c1-3-20-9-4-5-17(20)15-7-6-13-11-18(21)19(22-2)12-16(13)14(15)8-10-20/h4,9,11-12,14-15,17,21H,3,5-8,10H2,1-2H3/t14-,15+,17-,20-/m0/s1. The zero-order valence-corrected chi connectivity index (χ0v) is 13.6. The molecule has 118 valence electrons. The van der Waals surface area contributed by atoms with Crippen molar-refractivity contribution in [3.05, 3.63) is 35.4 Å². The molecule has 22 heavy (non-hydrogen) atoms. The van der Waals surface area contributed by atoms with Crippen LogP contribution < -0.4 is 4.74 Å². The Morgan fingerprint density at radius 1 is 1.32 bits per heavy atom. The molecule has 0 bridgehead atoms. The van der Waals surface area contributed by atoms with Crippen molar-refractivity contribution in [3.8, 4) is 11.5 Å². The number of methoxy groups -OCH3 is 1. The summed E-state index contributed by atoms with van der Waals surface area (Å²) >= 11 is 0. The molecule has 0 amide bonds. The van der Waals surface area contributed by atoms with E-state index < -0.39 is 0 Å². The Morgan fingerprint density at radius 3 is 2.95 bits per heavy atom. The second kappa shape index (κ2) is 5.04. The monoisotopic (exact) mass is 298 g/mol. The van der Waals surface area contributed by atoms with Crippen molar-refractivity contribution in [1.29, 1.82) is 0 Å². The van der Waals surface area contributed by atoms with Gasteiger partial charge in [-0.2, -0.15) is 0 Å². The van der Waals surface area contributed by atoms with Crippen LogP contribution in [0.3, 0.4) is 0 Å². The highest BCUT2D eigenvalue weighted by Gasteiger charge is 2.49. The van der Waals surface area contributed by atoms with Gasteiger partial charge in [-0.15, -0.1) is 0 Å². The first-order chi connectivity index (χ1) is 10.7. The summed E-state index contributed by atoms with van der Waals surface area (Å²) in [5.41, 5.74) is 3.26. The third-order valence-corrected chi connectivity index (χ3v) is 6.78. The van der Waals surface area contributed by atoms with Gasteiger partial charge in [-0.1, -0.05) is 19.1 Å². The molecule has 0 aliphatic heterocycles. The van der Waals surface area contributed by atoms with E-state index in [0.29, 0.717) is 22.8 Å². The minimum atomic E-state index is 0.293. The minimum absolute atomic E-state index is 0.293. The zero-order chi connectivity index (χ0) is 15.3. The van der Waals surface area contributed by atoms with Gasteiger partial charge in [0.1, 0.15) is 0 Å². The molecule has 1 N–H and O–H groups in total. The molecule has 4 rings (SSSR count). The van der Waals surface area contributed by atoms with Crippen molar-refractivity contribution in [2.24, 2.45) is 17.3 Å². The molecule has 1 saturated carbocycles. The summed E-state index contributed by atoms with van der Waals surface area (Å²) in [5, 5.41) is 10.1. The predicted molar refractivity (Wildman–Crippen MR) is 88.4 cm³/mol. The topological polar surface area (TPSA) is 29.5 Å². The van der Waals surface area contributed by atoms with Crippen LogP contribution in [0, 0.1) is 17.3 Å². The molecule has 1 fully saturated rings. The summed E-state index contributed by atoms with van der Waals surface area (Å²) in [6.45, 7) is 2.36. The summed E-state index contributed by atoms with van der Waals surface area (Å²) in [7, 11) is 1.64. The fraction of sp³-hybridized carbons (Fsp3) is 0.600. The van der Waals surface area contributed by atoms with Crippen molar-refractivity contribution in [3.63, 3.8) is 0 Å². The molecular weight excluding hydrogens is 272 g/mol. The normalized spacial score (nSPS) is 35.6. The van der Waals surface area contributed by atoms with Crippen molar-refractivity contribution >= 4 is 0 Å². The van der Waals surface area contributed by atoms with Gasteiger partial charge in [0.15, 0.2) is 11.5 Å². The van der Waals surface area contributed by atoms with Gasteiger partial charge in [0.05, 0.1) is 7.11 Å². The van der Waals surface area contributed by atoms with Crippen molar-refractivity contribution in [2.45, 2.75) is 51.4 Å². The highest BCUT2D eigenvalue weighted by atomic mass is 16.5. The van der Waals surface area contributed by atoms with E-state index in [4.69, 9.17) is 4.74 Å². The van der Waals surface area contributed by atoms with Crippen LogP contribution in [0.15, 0.2) is 24.3 Å². The first kappa shape index (κ1) is 14.2. The second-order valence-electron chi connectivity index (χ2n) is 7.40. The predicted octanol–water partition coefficient (Wildman–Crippen LogP) is 4.81. The van der Waals surface area contributed by atoms with Gasteiger partial charge in [0.25, 0.3) is 0 Å². The van der Waals surface area contributed by atoms with E-state index in [1.807, 2.05) is 6.07 Å². The summed E-state index contributed by atoms with van der Waals surface area (Å²) in [4.78, 5) is 0. The Kier molecular flexibility index (Phi) is 3.25. The number of phenols is 1. The largest absolute Gasteiger partial charge is 0.504 e. The molecule has 0 saturated heterocycles. The molecule has 1 aromatic carbocycles. The molecule has 1 aromatic rings.